The molecule has 2 heterocycles. The first-order chi connectivity index (χ1) is 14.0. The minimum atomic E-state index is -0.534. The lowest BCUT2D eigenvalue weighted by atomic mass is 10.1. The van der Waals surface area contributed by atoms with Gasteiger partial charge in [-0.2, -0.15) is 0 Å². The van der Waals surface area contributed by atoms with E-state index in [9.17, 15) is 19.2 Å². The van der Waals surface area contributed by atoms with Gasteiger partial charge in [-0.3, -0.25) is 24.1 Å². The summed E-state index contributed by atoms with van der Waals surface area (Å²) in [5, 5.41) is 2.65. The lowest BCUT2D eigenvalue weighted by Crippen LogP contribution is -2.37. The summed E-state index contributed by atoms with van der Waals surface area (Å²) in [5.41, 5.74) is 1.33. The Kier molecular flexibility index (Phi) is 4.75. The average Bonchev–Trinajstić information content (AvgIpc) is 2.86. The van der Waals surface area contributed by atoms with Gasteiger partial charge < -0.3 is 15.0 Å². The number of benzene rings is 2. The number of ether oxygens (including phenoxy) is 1. The van der Waals surface area contributed by atoms with E-state index < -0.39 is 24.3 Å². The van der Waals surface area contributed by atoms with E-state index in [4.69, 9.17) is 4.74 Å². The topological polar surface area (TPSA) is 96.0 Å². The van der Waals surface area contributed by atoms with E-state index in [1.807, 2.05) is 6.92 Å². The summed E-state index contributed by atoms with van der Waals surface area (Å²) < 4.78 is 5.61. The van der Waals surface area contributed by atoms with Gasteiger partial charge in [-0.05, 0) is 37.3 Å². The minimum Gasteiger partial charge on any atom is -0.491 e. The number of fused-ring (bicyclic) bond motifs is 2. The number of hydrogen-bond acceptors (Lipinski definition) is 5. The predicted octanol–water partition coefficient (Wildman–Crippen LogP) is 1.78. The van der Waals surface area contributed by atoms with Crippen LogP contribution in [0.4, 0.5) is 5.69 Å². The third kappa shape index (κ3) is 3.33. The zero-order valence-corrected chi connectivity index (χ0v) is 15.8. The maximum atomic E-state index is 12.6. The summed E-state index contributed by atoms with van der Waals surface area (Å²) in [6.07, 6.45) is 0. The molecule has 0 radical (unpaired) electrons. The predicted molar refractivity (Wildman–Crippen MR) is 104 cm³/mol. The Morgan fingerprint density at radius 1 is 1.00 bits per heavy atom. The van der Waals surface area contributed by atoms with Crippen LogP contribution in [0.2, 0.25) is 0 Å². The molecule has 0 spiro atoms. The molecule has 2 aliphatic rings. The molecule has 2 aliphatic heterocycles. The Balaban J connectivity index is 1.49. The normalized spacial score (nSPS) is 15.6. The molecule has 2 aromatic carbocycles. The average molecular weight is 393 g/mol. The Labute approximate surface area is 167 Å². The molecule has 0 saturated heterocycles. The second kappa shape index (κ2) is 7.38. The van der Waals surface area contributed by atoms with Crippen molar-refractivity contribution in [2.24, 2.45) is 0 Å². The quantitative estimate of drug-likeness (QED) is 0.799. The second-order valence-corrected chi connectivity index (χ2v) is 6.73. The van der Waals surface area contributed by atoms with Gasteiger partial charge in [0.25, 0.3) is 17.7 Å². The first-order valence-corrected chi connectivity index (χ1v) is 9.30. The van der Waals surface area contributed by atoms with Crippen LogP contribution >= 0.6 is 0 Å². The van der Waals surface area contributed by atoms with E-state index >= 15 is 0 Å². The number of rotatable bonds is 4. The number of carbonyl (C=O) groups excluding carboxylic acids is 4. The minimum absolute atomic E-state index is 0.170. The summed E-state index contributed by atoms with van der Waals surface area (Å²) in [4.78, 5) is 52.5. The van der Waals surface area contributed by atoms with Crippen LogP contribution < -0.4 is 10.1 Å². The molecular formula is C21H19N3O5. The van der Waals surface area contributed by atoms with Crippen molar-refractivity contribution in [1.82, 2.24) is 9.80 Å². The van der Waals surface area contributed by atoms with E-state index in [0.717, 1.165) is 4.90 Å². The molecule has 2 aromatic rings. The lowest BCUT2D eigenvalue weighted by Gasteiger charge is -2.17. The monoisotopic (exact) mass is 393 g/mol. The molecule has 0 aliphatic carbocycles. The van der Waals surface area contributed by atoms with Crippen molar-refractivity contribution in [2.75, 3.05) is 31.6 Å². The lowest BCUT2D eigenvalue weighted by molar-refractivity contribution is -0.116. The Morgan fingerprint density at radius 3 is 2.34 bits per heavy atom. The first kappa shape index (κ1) is 18.7. The number of imide groups is 1. The van der Waals surface area contributed by atoms with Gasteiger partial charge in [-0.15, -0.1) is 0 Å². The third-order valence-corrected chi connectivity index (χ3v) is 4.96. The molecule has 148 valence electrons. The summed E-state index contributed by atoms with van der Waals surface area (Å²) in [5.74, 6) is -1.23. The molecule has 4 rings (SSSR count). The zero-order valence-electron chi connectivity index (χ0n) is 15.8. The van der Waals surface area contributed by atoms with Crippen molar-refractivity contribution in [3.05, 3.63) is 59.2 Å². The number of nitrogens with zero attached hydrogens (tertiary/aromatic N) is 2. The fraction of sp³-hybridized carbons (Fsp3) is 0.238. The van der Waals surface area contributed by atoms with Gasteiger partial charge in [0.2, 0.25) is 5.91 Å². The second-order valence-electron chi connectivity index (χ2n) is 6.73. The highest BCUT2D eigenvalue weighted by atomic mass is 16.5. The van der Waals surface area contributed by atoms with E-state index in [2.05, 4.69) is 5.32 Å². The van der Waals surface area contributed by atoms with Crippen LogP contribution in [0.5, 0.6) is 5.75 Å². The number of nitrogens with one attached hydrogen (secondary N) is 1. The number of hydrogen-bond donors (Lipinski definition) is 1. The van der Waals surface area contributed by atoms with E-state index in [1.165, 1.54) is 0 Å². The molecule has 0 bridgehead atoms. The number of amides is 4. The SMILES string of the molecule is CCN1CCOc2ccc(NC(=O)CN3C(=O)c4ccccc4C3=O)cc2C1=O. The van der Waals surface area contributed by atoms with E-state index in [1.54, 1.807) is 47.4 Å². The number of carbonyl (C=O) groups is 4. The maximum absolute atomic E-state index is 12.6. The molecule has 0 aromatic heterocycles. The molecule has 8 heteroatoms. The number of anilines is 1. The highest BCUT2D eigenvalue weighted by Gasteiger charge is 2.36. The molecule has 0 atom stereocenters. The summed E-state index contributed by atoms with van der Waals surface area (Å²) >= 11 is 0. The largest absolute Gasteiger partial charge is 0.491 e. The fourth-order valence-electron chi connectivity index (χ4n) is 3.47. The van der Waals surface area contributed by atoms with Gasteiger partial charge in [0.15, 0.2) is 0 Å². The zero-order chi connectivity index (χ0) is 20.5. The molecule has 0 unspecified atom stereocenters. The highest BCUT2D eigenvalue weighted by molar-refractivity contribution is 6.22. The van der Waals surface area contributed by atoms with E-state index in [0.29, 0.717) is 36.7 Å². The molecule has 0 saturated carbocycles. The van der Waals surface area contributed by atoms with Crippen molar-refractivity contribution in [3.8, 4) is 5.75 Å². The maximum Gasteiger partial charge on any atom is 0.262 e. The highest BCUT2D eigenvalue weighted by Crippen LogP contribution is 2.27. The Bertz CT molecular complexity index is 998. The first-order valence-electron chi connectivity index (χ1n) is 9.30. The molecule has 29 heavy (non-hydrogen) atoms. The molecule has 1 N–H and O–H groups in total. The molecule has 0 fully saturated rings. The van der Waals surface area contributed by atoms with Crippen LogP contribution in [0.1, 0.15) is 38.0 Å². The third-order valence-electron chi connectivity index (χ3n) is 4.96. The Morgan fingerprint density at radius 2 is 1.69 bits per heavy atom. The van der Waals surface area contributed by atoms with Gasteiger partial charge in [0.05, 0.1) is 23.2 Å². The van der Waals surface area contributed by atoms with Crippen LogP contribution in [-0.2, 0) is 4.79 Å². The standard InChI is InChI=1S/C21H19N3O5/c1-2-23-9-10-29-17-8-7-13(11-16(17)19(23)26)22-18(25)12-24-20(27)14-5-3-4-6-15(14)21(24)28/h3-8,11H,2,9-10,12H2,1H3,(H,22,25). The fourth-order valence-corrected chi connectivity index (χ4v) is 3.47. The smallest absolute Gasteiger partial charge is 0.262 e. The summed E-state index contributed by atoms with van der Waals surface area (Å²) in [6, 6.07) is 11.3. The summed E-state index contributed by atoms with van der Waals surface area (Å²) in [7, 11) is 0. The van der Waals surface area contributed by atoms with Crippen molar-refractivity contribution in [1.29, 1.82) is 0 Å². The van der Waals surface area contributed by atoms with Crippen molar-refractivity contribution in [2.45, 2.75) is 6.92 Å². The summed E-state index contributed by atoms with van der Waals surface area (Å²) in [6.45, 7) is 2.92. The van der Waals surface area contributed by atoms with Crippen LogP contribution in [0.3, 0.4) is 0 Å². The molecule has 8 nitrogen and oxygen atoms in total. The van der Waals surface area contributed by atoms with Gasteiger partial charge in [0, 0.05) is 12.2 Å². The molecular weight excluding hydrogens is 374 g/mol. The van der Waals surface area contributed by atoms with Crippen LogP contribution in [-0.4, -0.2) is 59.7 Å². The van der Waals surface area contributed by atoms with Gasteiger partial charge in [-0.1, -0.05) is 12.1 Å². The van der Waals surface area contributed by atoms with Crippen molar-refractivity contribution >= 4 is 29.3 Å². The van der Waals surface area contributed by atoms with Crippen LogP contribution in [0.15, 0.2) is 42.5 Å². The number of likely N-dealkylation sites (N-methyl/N-ethyl adjacent to an activating group) is 1. The van der Waals surface area contributed by atoms with Crippen LogP contribution in [0, 0.1) is 0 Å². The Hall–Kier alpha value is -3.68. The van der Waals surface area contributed by atoms with Crippen molar-refractivity contribution < 1.29 is 23.9 Å². The van der Waals surface area contributed by atoms with Gasteiger partial charge in [-0.25, -0.2) is 0 Å². The molecule has 4 amide bonds. The van der Waals surface area contributed by atoms with Crippen molar-refractivity contribution in [3.63, 3.8) is 0 Å². The van der Waals surface area contributed by atoms with Gasteiger partial charge in [0.1, 0.15) is 18.9 Å². The van der Waals surface area contributed by atoms with Crippen LogP contribution in [0.25, 0.3) is 0 Å². The van der Waals surface area contributed by atoms with E-state index in [-0.39, 0.29) is 17.0 Å². The van der Waals surface area contributed by atoms with Gasteiger partial charge >= 0.3 is 0 Å².